The lowest BCUT2D eigenvalue weighted by atomic mass is 10.3. The van der Waals surface area contributed by atoms with Crippen molar-refractivity contribution in [2.24, 2.45) is 0 Å². The summed E-state index contributed by atoms with van der Waals surface area (Å²) in [6, 6.07) is 5.54. The fraction of sp³-hybridized carbons (Fsp3) is 0.471. The Hall–Kier alpha value is -2.46. The molecule has 1 aromatic rings. The van der Waals surface area contributed by atoms with Gasteiger partial charge >= 0.3 is 5.97 Å². The van der Waals surface area contributed by atoms with Crippen molar-refractivity contribution >= 4 is 33.5 Å². The van der Waals surface area contributed by atoms with Gasteiger partial charge in [-0.1, -0.05) is 13.3 Å². The molecule has 0 saturated heterocycles. The average Bonchev–Trinajstić information content (AvgIpc) is 2.60. The van der Waals surface area contributed by atoms with Crippen LogP contribution in [0.3, 0.4) is 0 Å². The molecular formula is C17H25N3O6S. The third kappa shape index (κ3) is 7.75. The van der Waals surface area contributed by atoms with Gasteiger partial charge in [0.15, 0.2) is 6.61 Å². The van der Waals surface area contributed by atoms with Gasteiger partial charge in [0.1, 0.15) is 6.54 Å². The van der Waals surface area contributed by atoms with E-state index in [9.17, 15) is 22.8 Å². The molecule has 0 aliphatic rings. The Morgan fingerprint density at radius 1 is 1.15 bits per heavy atom. The smallest absolute Gasteiger partial charge is 0.321 e. The maximum Gasteiger partial charge on any atom is 0.321 e. The van der Waals surface area contributed by atoms with E-state index in [4.69, 9.17) is 4.74 Å². The summed E-state index contributed by atoms with van der Waals surface area (Å²) in [6.07, 6.45) is 1.75. The topological polar surface area (TPSA) is 122 Å². The molecule has 0 aromatic heterocycles. The average molecular weight is 399 g/mol. The van der Waals surface area contributed by atoms with Gasteiger partial charge in [-0.2, -0.15) is 4.31 Å². The van der Waals surface area contributed by atoms with Crippen molar-refractivity contribution in [2.45, 2.75) is 31.6 Å². The minimum Gasteiger partial charge on any atom is -0.455 e. The monoisotopic (exact) mass is 399 g/mol. The van der Waals surface area contributed by atoms with E-state index < -0.39 is 35.1 Å². The van der Waals surface area contributed by atoms with Crippen LogP contribution in [0, 0.1) is 0 Å². The van der Waals surface area contributed by atoms with Crippen molar-refractivity contribution in [3.8, 4) is 0 Å². The van der Waals surface area contributed by atoms with Gasteiger partial charge in [-0.05, 0) is 30.7 Å². The highest BCUT2D eigenvalue weighted by Gasteiger charge is 2.23. The largest absolute Gasteiger partial charge is 0.455 e. The number of nitrogens with one attached hydrogen (secondary N) is 2. The number of carbonyl (C=O) groups is 3. The Balaban J connectivity index is 2.58. The Labute approximate surface area is 159 Å². The van der Waals surface area contributed by atoms with Crippen LogP contribution in [0.1, 0.15) is 26.7 Å². The first kappa shape index (κ1) is 22.6. The predicted octanol–water partition coefficient (Wildman–Crippen LogP) is 0.725. The number of amides is 2. The van der Waals surface area contributed by atoms with Crippen molar-refractivity contribution in [2.75, 3.05) is 32.1 Å². The number of unbranched alkanes of at least 4 members (excludes halogenated alkanes) is 1. The molecule has 2 N–H and O–H groups in total. The number of sulfonamides is 1. The van der Waals surface area contributed by atoms with Gasteiger partial charge in [-0.25, -0.2) is 8.42 Å². The van der Waals surface area contributed by atoms with Crippen LogP contribution in [0.5, 0.6) is 0 Å². The van der Waals surface area contributed by atoms with Gasteiger partial charge in [0.05, 0.1) is 4.90 Å². The number of ether oxygens (including phenoxy) is 1. The number of carbonyl (C=O) groups excluding carboxylic acids is 3. The highest BCUT2D eigenvalue weighted by Crippen LogP contribution is 2.17. The first-order valence-electron chi connectivity index (χ1n) is 8.43. The van der Waals surface area contributed by atoms with E-state index >= 15 is 0 Å². The summed E-state index contributed by atoms with van der Waals surface area (Å²) in [7, 11) is -2.68. The normalized spacial score (nSPS) is 11.1. The molecule has 0 fully saturated rings. The van der Waals surface area contributed by atoms with Crippen LogP contribution >= 0.6 is 0 Å². The minimum atomic E-state index is -3.92. The molecule has 1 rings (SSSR count). The summed E-state index contributed by atoms with van der Waals surface area (Å²) in [4.78, 5) is 34.2. The summed E-state index contributed by atoms with van der Waals surface area (Å²) in [5.41, 5.74) is 0.456. The molecule has 0 aliphatic carbocycles. The van der Waals surface area contributed by atoms with Gasteiger partial charge in [0.2, 0.25) is 15.9 Å². The van der Waals surface area contributed by atoms with Crippen LogP contribution in [0.2, 0.25) is 0 Å². The van der Waals surface area contributed by atoms with Gasteiger partial charge in [0.25, 0.3) is 5.91 Å². The van der Waals surface area contributed by atoms with Crippen molar-refractivity contribution in [1.82, 2.24) is 9.62 Å². The number of rotatable bonds is 10. The number of anilines is 1. The number of esters is 1. The Morgan fingerprint density at radius 3 is 2.33 bits per heavy atom. The first-order valence-corrected chi connectivity index (χ1v) is 9.87. The van der Waals surface area contributed by atoms with E-state index in [1.165, 1.54) is 38.2 Å². The van der Waals surface area contributed by atoms with E-state index in [1.807, 2.05) is 6.92 Å². The molecule has 0 spiro atoms. The van der Waals surface area contributed by atoms with Crippen molar-refractivity contribution in [1.29, 1.82) is 0 Å². The summed E-state index contributed by atoms with van der Waals surface area (Å²) in [6.45, 7) is 2.83. The molecular weight excluding hydrogens is 374 g/mol. The molecule has 10 heteroatoms. The molecule has 0 atom stereocenters. The molecule has 0 heterocycles. The van der Waals surface area contributed by atoms with Crippen LogP contribution in [0.4, 0.5) is 5.69 Å². The fourth-order valence-electron chi connectivity index (χ4n) is 2.01. The van der Waals surface area contributed by atoms with Gasteiger partial charge in [-0.3, -0.25) is 14.4 Å². The van der Waals surface area contributed by atoms with Crippen LogP contribution in [0.25, 0.3) is 0 Å². The quantitative estimate of drug-likeness (QED) is 0.442. The van der Waals surface area contributed by atoms with Crippen LogP contribution < -0.4 is 10.6 Å². The third-order valence-corrected chi connectivity index (χ3v) is 5.27. The molecule has 0 radical (unpaired) electrons. The van der Waals surface area contributed by atoms with E-state index in [-0.39, 0.29) is 10.8 Å². The highest BCUT2D eigenvalue weighted by molar-refractivity contribution is 7.89. The van der Waals surface area contributed by atoms with Crippen molar-refractivity contribution in [3.05, 3.63) is 24.3 Å². The van der Waals surface area contributed by atoms with Gasteiger partial charge < -0.3 is 15.4 Å². The highest BCUT2D eigenvalue weighted by atomic mass is 32.2. The molecule has 150 valence electrons. The zero-order chi connectivity index (χ0) is 20.4. The standard InChI is InChI=1S/C17H25N3O6S/c1-4-5-10-18-16(22)12-26-17(23)11-20(3)27(24,25)15-8-6-14(7-9-15)19-13(2)21/h6-9H,4-5,10-12H2,1-3H3,(H,18,22)(H,19,21). The number of nitrogens with zero attached hydrogens (tertiary/aromatic N) is 1. The third-order valence-electron chi connectivity index (χ3n) is 3.45. The van der Waals surface area contributed by atoms with Crippen LogP contribution in [-0.4, -0.2) is 57.3 Å². The Morgan fingerprint density at radius 2 is 1.78 bits per heavy atom. The summed E-state index contributed by atoms with van der Waals surface area (Å²) in [5, 5.41) is 5.12. The van der Waals surface area contributed by atoms with Gasteiger partial charge in [-0.15, -0.1) is 0 Å². The zero-order valence-electron chi connectivity index (χ0n) is 15.6. The predicted molar refractivity (Wildman–Crippen MR) is 99.4 cm³/mol. The summed E-state index contributed by atoms with van der Waals surface area (Å²) in [5.74, 6) is -1.54. The fourth-order valence-corrected chi connectivity index (χ4v) is 3.12. The molecule has 1 aromatic carbocycles. The zero-order valence-corrected chi connectivity index (χ0v) is 16.5. The Bertz CT molecular complexity index is 761. The number of hydrogen-bond acceptors (Lipinski definition) is 6. The minimum absolute atomic E-state index is 0.0378. The first-order chi connectivity index (χ1) is 12.7. The molecule has 0 aliphatic heterocycles. The van der Waals surface area contributed by atoms with Crippen molar-refractivity contribution < 1.29 is 27.5 Å². The Kier molecular flexibility index (Phi) is 8.89. The maximum absolute atomic E-state index is 12.5. The lowest BCUT2D eigenvalue weighted by Crippen LogP contribution is -2.35. The van der Waals surface area contributed by atoms with E-state index in [2.05, 4.69) is 10.6 Å². The summed E-state index contributed by atoms with van der Waals surface area (Å²) >= 11 is 0. The molecule has 0 unspecified atom stereocenters. The second-order valence-corrected chi connectivity index (χ2v) is 7.88. The maximum atomic E-state index is 12.5. The van der Waals surface area contributed by atoms with Crippen LogP contribution in [-0.2, 0) is 29.1 Å². The van der Waals surface area contributed by atoms with Gasteiger partial charge in [0, 0.05) is 26.2 Å². The van der Waals surface area contributed by atoms with E-state index in [1.54, 1.807) is 0 Å². The molecule has 0 bridgehead atoms. The second kappa shape index (κ2) is 10.6. The number of hydrogen-bond donors (Lipinski definition) is 2. The molecule has 27 heavy (non-hydrogen) atoms. The molecule has 0 saturated carbocycles. The number of benzene rings is 1. The molecule has 2 amide bonds. The number of likely N-dealkylation sites (N-methyl/N-ethyl adjacent to an activating group) is 1. The van der Waals surface area contributed by atoms with E-state index in [0.717, 1.165) is 17.1 Å². The summed E-state index contributed by atoms with van der Waals surface area (Å²) < 4.78 is 30.6. The van der Waals surface area contributed by atoms with Crippen molar-refractivity contribution in [3.63, 3.8) is 0 Å². The van der Waals surface area contributed by atoms with E-state index in [0.29, 0.717) is 12.2 Å². The molecule has 9 nitrogen and oxygen atoms in total. The lowest BCUT2D eigenvalue weighted by molar-refractivity contribution is -0.148. The second-order valence-electron chi connectivity index (χ2n) is 5.83. The SMILES string of the molecule is CCCCNC(=O)COC(=O)CN(C)S(=O)(=O)c1ccc(NC(C)=O)cc1. The lowest BCUT2D eigenvalue weighted by Gasteiger charge is -2.16. The van der Waals surface area contributed by atoms with Crippen LogP contribution in [0.15, 0.2) is 29.2 Å².